The predicted molar refractivity (Wildman–Crippen MR) is 48.4 cm³/mol. The molecule has 1 aliphatic heterocycles. The highest BCUT2D eigenvalue weighted by Crippen LogP contribution is 2.29. The van der Waals surface area contributed by atoms with Crippen molar-refractivity contribution in [3.8, 4) is 0 Å². The molecule has 0 bridgehead atoms. The minimum atomic E-state index is -0.0485. The van der Waals surface area contributed by atoms with Gasteiger partial charge in [0.1, 0.15) is 0 Å². The molecule has 70 valence electrons. The molecule has 1 unspecified atom stereocenters. The lowest BCUT2D eigenvalue weighted by molar-refractivity contribution is 0.195. The fraction of sp³-hybridized carbons (Fsp3) is 1.00. The summed E-state index contributed by atoms with van der Waals surface area (Å²) >= 11 is 0. The summed E-state index contributed by atoms with van der Waals surface area (Å²) in [6.07, 6.45) is 0.0178. The maximum Gasteiger partial charge on any atom is 0.0318 e. The molecule has 0 amide bonds. The third-order valence-corrected chi connectivity index (χ3v) is 1.68. The number of nitrogens with zero attached hydrogens (tertiary/aromatic N) is 4. The summed E-state index contributed by atoms with van der Waals surface area (Å²) < 4.78 is 0. The monoisotopic (exact) mass is 169 g/mol. The Hall–Kier alpha value is -0.640. The van der Waals surface area contributed by atoms with E-state index < -0.39 is 0 Å². The fourth-order valence-electron chi connectivity index (χ4n) is 0.834. The lowest BCUT2D eigenvalue weighted by Gasteiger charge is -2.41. The normalized spacial score (nSPS) is 24.2. The van der Waals surface area contributed by atoms with Gasteiger partial charge in [-0.05, 0) is 26.7 Å². The summed E-state index contributed by atoms with van der Waals surface area (Å²) in [4.78, 5) is 0. The largest absolute Gasteiger partial charge is 0.524 e. The summed E-state index contributed by atoms with van der Waals surface area (Å²) in [7, 11) is 0. The minimum Gasteiger partial charge on any atom is -0.524 e. The van der Waals surface area contributed by atoms with E-state index >= 15 is 0 Å². The van der Waals surface area contributed by atoms with Crippen molar-refractivity contribution in [3.63, 3.8) is 0 Å². The van der Waals surface area contributed by atoms with E-state index in [1.165, 1.54) is 0 Å². The Labute approximate surface area is 74.0 Å². The van der Waals surface area contributed by atoms with Gasteiger partial charge in [0.15, 0.2) is 0 Å². The van der Waals surface area contributed by atoms with Crippen molar-refractivity contribution in [2.45, 2.75) is 46.3 Å². The van der Waals surface area contributed by atoms with Gasteiger partial charge in [0, 0.05) is 11.7 Å². The molecule has 0 radical (unpaired) electrons. The van der Waals surface area contributed by atoms with Gasteiger partial charge in [0.25, 0.3) is 0 Å². The SMILES string of the molecule is CC(C)C1N=NN(C(C)(C)C)[N-]1. The highest BCUT2D eigenvalue weighted by atomic mass is 15.8. The molecule has 0 aliphatic carbocycles. The van der Waals surface area contributed by atoms with Crippen molar-refractivity contribution < 1.29 is 0 Å². The second kappa shape index (κ2) is 3.01. The first kappa shape index (κ1) is 9.45. The van der Waals surface area contributed by atoms with Gasteiger partial charge in [-0.3, -0.25) is 0 Å². The van der Waals surface area contributed by atoms with Gasteiger partial charge in [-0.2, -0.15) is 5.11 Å². The molecule has 1 rings (SSSR count). The molecule has 0 fully saturated rings. The first-order valence-electron chi connectivity index (χ1n) is 4.33. The van der Waals surface area contributed by atoms with Crippen LogP contribution in [0.4, 0.5) is 0 Å². The van der Waals surface area contributed by atoms with Gasteiger partial charge in [0.2, 0.25) is 0 Å². The molecule has 0 aromatic heterocycles. The number of hydrogen-bond acceptors (Lipinski definition) is 3. The Kier molecular flexibility index (Phi) is 2.37. The quantitative estimate of drug-likeness (QED) is 0.595. The number of hydrogen-bond donors (Lipinski definition) is 0. The average Bonchev–Trinajstić information content (AvgIpc) is 2.30. The molecule has 0 aromatic rings. The van der Waals surface area contributed by atoms with Crippen molar-refractivity contribution in [2.75, 3.05) is 0 Å². The summed E-state index contributed by atoms with van der Waals surface area (Å²) in [5.41, 5.74) is 4.31. The molecule has 4 nitrogen and oxygen atoms in total. The predicted octanol–water partition coefficient (Wildman–Crippen LogP) is 2.74. The zero-order valence-corrected chi connectivity index (χ0v) is 8.44. The van der Waals surface area contributed by atoms with Crippen LogP contribution in [-0.4, -0.2) is 16.8 Å². The zero-order valence-electron chi connectivity index (χ0n) is 8.44. The maximum atomic E-state index is 4.36. The Morgan fingerprint density at radius 2 is 1.92 bits per heavy atom. The smallest absolute Gasteiger partial charge is 0.0318 e. The highest BCUT2D eigenvalue weighted by molar-refractivity contribution is 4.95. The summed E-state index contributed by atoms with van der Waals surface area (Å²) in [6.45, 7) is 10.4. The van der Waals surface area contributed by atoms with Crippen molar-refractivity contribution in [1.29, 1.82) is 0 Å². The van der Waals surface area contributed by atoms with Gasteiger partial charge >= 0.3 is 0 Å². The molecular weight excluding hydrogens is 152 g/mol. The van der Waals surface area contributed by atoms with Gasteiger partial charge in [-0.25, -0.2) is 0 Å². The van der Waals surface area contributed by atoms with Gasteiger partial charge in [-0.15, -0.1) is 0 Å². The second-order valence-electron chi connectivity index (χ2n) is 4.44. The van der Waals surface area contributed by atoms with Gasteiger partial charge < -0.3 is 10.5 Å². The molecule has 12 heavy (non-hydrogen) atoms. The van der Waals surface area contributed by atoms with Crippen molar-refractivity contribution in [3.05, 3.63) is 5.43 Å². The molecule has 0 saturated heterocycles. The Morgan fingerprint density at radius 3 is 2.17 bits per heavy atom. The van der Waals surface area contributed by atoms with Gasteiger partial charge in [0.05, 0.1) is 0 Å². The van der Waals surface area contributed by atoms with Gasteiger partial charge in [-0.1, -0.05) is 19.1 Å². The zero-order chi connectivity index (χ0) is 9.35. The second-order valence-corrected chi connectivity index (χ2v) is 4.44. The van der Waals surface area contributed by atoms with Crippen LogP contribution in [0.15, 0.2) is 10.3 Å². The van der Waals surface area contributed by atoms with E-state index in [2.05, 4.69) is 50.4 Å². The molecule has 0 saturated carbocycles. The molecule has 0 aromatic carbocycles. The van der Waals surface area contributed by atoms with Crippen LogP contribution >= 0.6 is 0 Å². The molecule has 1 heterocycles. The summed E-state index contributed by atoms with van der Waals surface area (Å²) in [5, 5.41) is 9.76. The topological polar surface area (TPSA) is 42.1 Å². The molecule has 4 heteroatoms. The fourth-order valence-corrected chi connectivity index (χ4v) is 0.834. The average molecular weight is 169 g/mol. The summed E-state index contributed by atoms with van der Waals surface area (Å²) in [6, 6.07) is 0. The van der Waals surface area contributed by atoms with Crippen LogP contribution in [0.1, 0.15) is 34.6 Å². The van der Waals surface area contributed by atoms with E-state index in [-0.39, 0.29) is 11.7 Å². The van der Waals surface area contributed by atoms with Crippen LogP contribution < -0.4 is 0 Å². The standard InChI is InChI=1S/C8H17N4/c1-6(2)7-9-11-12(10-7)8(3,4)5/h6-7H,1-5H3/q-1. The Bertz CT molecular complexity index is 180. The Morgan fingerprint density at radius 1 is 1.33 bits per heavy atom. The van der Waals surface area contributed by atoms with Crippen molar-refractivity contribution in [1.82, 2.24) is 5.12 Å². The van der Waals surface area contributed by atoms with E-state index in [4.69, 9.17) is 0 Å². The third kappa shape index (κ3) is 1.94. The first-order valence-corrected chi connectivity index (χ1v) is 4.33. The van der Waals surface area contributed by atoms with Crippen molar-refractivity contribution in [2.24, 2.45) is 16.3 Å². The Balaban J connectivity index is 2.54. The van der Waals surface area contributed by atoms with E-state index in [1.807, 2.05) is 0 Å². The van der Waals surface area contributed by atoms with E-state index in [1.54, 1.807) is 5.12 Å². The highest BCUT2D eigenvalue weighted by Gasteiger charge is 2.19. The molecule has 1 atom stereocenters. The molecular formula is C8H17N4-. The summed E-state index contributed by atoms with van der Waals surface area (Å²) in [5.74, 6) is 0.432. The van der Waals surface area contributed by atoms with Crippen LogP contribution in [0, 0.1) is 5.92 Å². The van der Waals surface area contributed by atoms with Crippen LogP contribution in [0.5, 0.6) is 0 Å². The molecule has 0 spiro atoms. The van der Waals surface area contributed by atoms with Crippen LogP contribution in [0.3, 0.4) is 0 Å². The minimum absolute atomic E-state index is 0.0178. The molecule has 1 aliphatic rings. The lowest BCUT2D eigenvalue weighted by atomic mass is 10.1. The lowest BCUT2D eigenvalue weighted by Crippen LogP contribution is -2.33. The van der Waals surface area contributed by atoms with Crippen LogP contribution in [0.2, 0.25) is 0 Å². The van der Waals surface area contributed by atoms with E-state index in [9.17, 15) is 0 Å². The number of rotatable bonds is 1. The van der Waals surface area contributed by atoms with Crippen LogP contribution in [-0.2, 0) is 0 Å². The first-order chi connectivity index (χ1) is 5.41. The van der Waals surface area contributed by atoms with Crippen LogP contribution in [0.25, 0.3) is 5.43 Å². The maximum absolute atomic E-state index is 4.36. The van der Waals surface area contributed by atoms with E-state index in [0.29, 0.717) is 5.92 Å². The van der Waals surface area contributed by atoms with Crippen molar-refractivity contribution >= 4 is 0 Å². The molecule has 0 N–H and O–H groups in total. The third-order valence-electron chi connectivity index (χ3n) is 1.68. The van der Waals surface area contributed by atoms with E-state index in [0.717, 1.165) is 0 Å².